The summed E-state index contributed by atoms with van der Waals surface area (Å²) < 4.78 is 149. The molecular formula is C110H101BrF11N19O4S4. The van der Waals surface area contributed by atoms with E-state index < -0.39 is 24.3 Å². The van der Waals surface area contributed by atoms with E-state index in [9.17, 15) is 48.3 Å². The summed E-state index contributed by atoms with van der Waals surface area (Å²) in [6.07, 6.45) is 26.4. The number of benzene rings is 8. The van der Waals surface area contributed by atoms with Gasteiger partial charge in [0, 0.05) is 127 Å². The van der Waals surface area contributed by atoms with Crippen LogP contribution in [-0.2, 0) is 9.59 Å². The van der Waals surface area contributed by atoms with Crippen LogP contribution in [0.1, 0.15) is 130 Å². The van der Waals surface area contributed by atoms with Crippen molar-refractivity contribution in [2.24, 2.45) is 29.6 Å². The second kappa shape index (κ2) is 44.1. The molecule has 5 saturated heterocycles. The van der Waals surface area contributed by atoms with E-state index in [2.05, 4.69) is 181 Å². The van der Waals surface area contributed by atoms with E-state index in [0.717, 1.165) is 238 Å². The van der Waals surface area contributed by atoms with Gasteiger partial charge in [-0.05, 0) is 170 Å². The van der Waals surface area contributed by atoms with E-state index in [0.29, 0.717) is 29.6 Å². The molecular weight excluding hydrogens is 2070 g/mol. The predicted molar refractivity (Wildman–Crippen MR) is 561 cm³/mol. The van der Waals surface area contributed by atoms with Gasteiger partial charge in [-0.25, -0.2) is 76.4 Å². The second-order valence-electron chi connectivity index (χ2n) is 37.7. The number of thiazole rings is 4. The first-order valence-corrected chi connectivity index (χ1v) is 52.9. The Kier molecular flexibility index (Phi) is 30.3. The summed E-state index contributed by atoms with van der Waals surface area (Å²) in [5.74, 6) is -3.92. The molecule has 9 aromatic heterocycles. The van der Waals surface area contributed by atoms with Gasteiger partial charge >= 0.3 is 24.3 Å². The Labute approximate surface area is 875 Å². The first-order valence-electron chi connectivity index (χ1n) is 48.8. The number of anilines is 4. The first kappa shape index (κ1) is 102. The van der Waals surface area contributed by atoms with Crippen molar-refractivity contribution in [1.82, 2.24) is 73.0 Å². The SMILES string of the molecule is C.Fc1cccc2c1C(C1CCN(c3ncc(-c4ccccc4)s3)CC1)n1cncc1-2.Fc1cccc2c1C(C1CCN(c3ncc(-c4ccccc4)s3)CC1)n1cncc1-2.Fc1cccc2c1C(C1CCN(c3ncc(-c4ccccc4)s3)CC1)n1cncc1-2.Fc1cccc2c1C(C1CCN(c3ncc(Br)s3)CC1)n1cncc1-2.Fc1cccc2c1C(C1CCNCC1)n1cncc1-2.O=C(O)C(F)(F)F.O=C(O)C(F)(F)F. The lowest BCUT2D eigenvalue weighted by Gasteiger charge is -2.35. The Bertz CT molecular complexity index is 7060. The van der Waals surface area contributed by atoms with Crippen LogP contribution in [0, 0.1) is 58.7 Å². The number of carboxylic acids is 2. The van der Waals surface area contributed by atoms with Crippen molar-refractivity contribution in [3.63, 3.8) is 0 Å². The Morgan fingerprint density at radius 2 is 0.517 bits per heavy atom. The van der Waals surface area contributed by atoms with E-state index in [1.54, 1.807) is 106 Å². The Balaban J connectivity index is 0.000000110. The third-order valence-electron chi connectivity index (χ3n) is 29.4. The second-order valence-corrected chi connectivity index (χ2v) is 43.1. The molecule has 5 atom stereocenters. The number of aromatic nitrogens is 14. The smallest absolute Gasteiger partial charge is 0.475 e. The molecule has 27 rings (SSSR count). The largest absolute Gasteiger partial charge is 0.490 e. The summed E-state index contributed by atoms with van der Waals surface area (Å²) in [7, 11) is 0. The lowest BCUT2D eigenvalue weighted by molar-refractivity contribution is -0.193. The molecule has 3 N–H and O–H groups in total. The zero-order valence-corrected chi connectivity index (χ0v) is 84.1. The van der Waals surface area contributed by atoms with Gasteiger partial charge < -0.3 is 58.0 Å². The van der Waals surface area contributed by atoms with Crippen LogP contribution in [0.25, 0.3) is 87.6 Å². The van der Waals surface area contributed by atoms with Crippen LogP contribution in [0.2, 0.25) is 0 Å². The number of carbonyl (C=O) groups is 2. The summed E-state index contributed by atoms with van der Waals surface area (Å²) >= 11 is 10.4. The minimum atomic E-state index is -5.08. The Morgan fingerprint density at radius 1 is 0.302 bits per heavy atom. The number of imidazole rings is 5. The maximum atomic E-state index is 14.8. The lowest BCUT2D eigenvalue weighted by atomic mass is 9.85. The third kappa shape index (κ3) is 21.0. The number of halogens is 12. The van der Waals surface area contributed by atoms with Gasteiger partial charge in [-0.15, -0.1) is 0 Å². The van der Waals surface area contributed by atoms with Gasteiger partial charge in [0.1, 0.15) is 29.1 Å². The van der Waals surface area contributed by atoms with E-state index in [-0.39, 0.29) is 66.7 Å². The van der Waals surface area contributed by atoms with Gasteiger partial charge in [0.25, 0.3) is 0 Å². The maximum absolute atomic E-state index is 14.8. The maximum Gasteiger partial charge on any atom is 0.490 e. The van der Waals surface area contributed by atoms with Crippen LogP contribution in [0.15, 0.2) is 273 Å². The summed E-state index contributed by atoms with van der Waals surface area (Å²) in [6.45, 7) is 9.60. The van der Waals surface area contributed by atoms with Crippen molar-refractivity contribution < 1.29 is 68.1 Å². The first-order chi connectivity index (χ1) is 71.8. The molecule has 19 heterocycles. The van der Waals surface area contributed by atoms with Crippen LogP contribution in [0.3, 0.4) is 0 Å². The molecule has 0 radical (unpaired) electrons. The standard InChI is InChI=1S/3C24H21FN4S.C18H16BrFN4S.C15H16FN3.2C2HF3O2.CH4/c3*25-19-8-4-7-18-20-13-26-15-29(20)23(22(18)19)17-9-11-28(12-10-17)24-27-14-21(30-24)16-5-2-1-3-6-16;19-15-9-22-18(25-15)23-6-4-11(5-7-23)17-16-12(2-1-3-13(16)20)14-8-21-10-24(14)17;16-12-3-1-2-11-13-8-18-9-19(13)15(14(11)12)10-4-6-17-7-5-10;2*3-2(4,5)1(6)7;/h3*1-8,13-15,17,23H,9-12H2;1-3,8-11,17H,4-7H2;1-3,8-10,15,17H,4-7H2;2*(H,6,7);1H4. The van der Waals surface area contributed by atoms with E-state index in [4.69, 9.17) is 19.8 Å². The average Bonchev–Trinajstić information content (AvgIpc) is 1.65. The van der Waals surface area contributed by atoms with Crippen molar-refractivity contribution in [2.45, 2.75) is 114 Å². The molecule has 23 nitrogen and oxygen atoms in total. The van der Waals surface area contributed by atoms with E-state index in [1.807, 2.05) is 136 Å². The molecule has 0 saturated carbocycles. The number of nitrogens with zero attached hydrogens (tertiary/aromatic N) is 18. The van der Waals surface area contributed by atoms with Crippen molar-refractivity contribution in [2.75, 3.05) is 85.0 Å². The van der Waals surface area contributed by atoms with E-state index >= 15 is 0 Å². The van der Waals surface area contributed by atoms with Gasteiger partial charge in [-0.2, -0.15) is 26.3 Å². The van der Waals surface area contributed by atoms with Crippen molar-refractivity contribution in [3.8, 4) is 87.6 Å². The highest BCUT2D eigenvalue weighted by Gasteiger charge is 2.46. The quantitative estimate of drug-likeness (QED) is 0.0963. The summed E-state index contributed by atoms with van der Waals surface area (Å²) in [4.78, 5) is 70.9. The number of nitrogens with one attached hydrogen (secondary N) is 1. The predicted octanol–water partition coefficient (Wildman–Crippen LogP) is 26.1. The van der Waals surface area contributed by atoms with Crippen molar-refractivity contribution >= 4 is 93.7 Å². The number of piperidine rings is 5. The molecule has 39 heteroatoms. The number of fused-ring (bicyclic) bond motifs is 15. The van der Waals surface area contributed by atoms with Crippen LogP contribution in [-0.4, -0.2) is 168 Å². The molecule has 8 aromatic carbocycles. The number of alkyl halides is 6. The molecule has 0 aliphatic carbocycles. The lowest BCUT2D eigenvalue weighted by Crippen LogP contribution is -2.36. The van der Waals surface area contributed by atoms with Crippen LogP contribution < -0.4 is 24.9 Å². The Hall–Kier alpha value is -13.9. The number of hydrogen-bond donors (Lipinski definition) is 3. The normalized spacial score (nSPS) is 18.4. The summed E-state index contributed by atoms with van der Waals surface area (Å²) in [6, 6.07) is 58.4. The zero-order chi connectivity index (χ0) is 102. The molecule has 5 fully saturated rings. The highest BCUT2D eigenvalue weighted by Crippen LogP contribution is 2.55. The molecule has 10 aliphatic heterocycles. The average molecular weight is 2170 g/mol. The van der Waals surface area contributed by atoms with Gasteiger partial charge in [0.05, 0.1) is 146 Å². The Morgan fingerprint density at radius 3 is 0.732 bits per heavy atom. The van der Waals surface area contributed by atoms with E-state index in [1.165, 1.54) is 31.3 Å². The highest BCUT2D eigenvalue weighted by atomic mass is 79.9. The fraction of sp³-hybridized carbons (Fsp3) is 0.300. The third-order valence-corrected chi connectivity index (χ3v) is 34.3. The molecule has 149 heavy (non-hydrogen) atoms. The molecule has 10 aliphatic rings. The summed E-state index contributed by atoms with van der Waals surface area (Å²) in [5.41, 5.74) is 18.0. The number of aliphatic carboxylic acids is 2. The van der Waals surface area contributed by atoms with Crippen LogP contribution in [0.5, 0.6) is 0 Å². The minimum absolute atomic E-state index is 0. The monoisotopic (exact) mass is 2170 g/mol. The number of rotatable bonds is 12. The molecule has 0 amide bonds. The molecule has 0 spiro atoms. The molecule has 0 bridgehead atoms. The van der Waals surface area contributed by atoms with Gasteiger partial charge in [-0.3, -0.25) is 0 Å². The fourth-order valence-corrected chi connectivity index (χ4v) is 26.8. The van der Waals surface area contributed by atoms with Crippen LogP contribution >= 0.6 is 61.3 Å². The fourth-order valence-electron chi connectivity index (χ4n) is 22.6. The number of hydrogen-bond acceptors (Lipinski definition) is 20. The summed E-state index contributed by atoms with van der Waals surface area (Å²) in [5, 5.41) is 21.9. The molecule has 768 valence electrons. The van der Waals surface area contributed by atoms with Gasteiger partial charge in [0.2, 0.25) is 0 Å². The van der Waals surface area contributed by atoms with Gasteiger partial charge in [0.15, 0.2) is 20.5 Å². The molecule has 5 unspecified atom stereocenters. The van der Waals surface area contributed by atoms with Crippen LogP contribution in [0.4, 0.5) is 68.8 Å². The molecule has 17 aromatic rings. The zero-order valence-electron chi connectivity index (χ0n) is 79.2. The topological polar surface area (TPSA) is 240 Å². The van der Waals surface area contributed by atoms with Gasteiger partial charge in [-0.1, -0.05) is 204 Å². The minimum Gasteiger partial charge on any atom is -0.475 e. The van der Waals surface area contributed by atoms with Crippen molar-refractivity contribution in [3.05, 3.63) is 330 Å². The number of carboxylic acid groups (broad SMARTS) is 2. The van der Waals surface area contributed by atoms with Crippen molar-refractivity contribution in [1.29, 1.82) is 0 Å². The highest BCUT2D eigenvalue weighted by molar-refractivity contribution is 9.11.